The fraction of sp³-hybridized carbons (Fsp3) is 0. The monoisotopic (exact) mass is 230 g/mol. The van der Waals surface area contributed by atoms with Crippen molar-refractivity contribution in [2.24, 2.45) is 0 Å². The maximum absolute atomic E-state index is 10.2. The minimum Gasteiger partial charge on any atom is -0.589 e. The summed E-state index contributed by atoms with van der Waals surface area (Å²) in [5.41, 5.74) is 0. The van der Waals surface area contributed by atoms with Gasteiger partial charge in [0.2, 0.25) is 10.0 Å². The molecule has 0 amide bonds. The van der Waals surface area contributed by atoms with E-state index in [1.54, 1.807) is 0 Å². The lowest BCUT2D eigenvalue weighted by Gasteiger charge is -1.95. The highest BCUT2D eigenvalue weighted by molar-refractivity contribution is 9.25. The van der Waals surface area contributed by atoms with Crippen LogP contribution in [0.4, 0.5) is 0 Å². The van der Waals surface area contributed by atoms with Gasteiger partial charge in [-0.3, -0.25) is 0 Å². The Hall–Kier alpha value is 1.90. The Kier molecular flexibility index (Phi) is 7.01. The van der Waals surface area contributed by atoms with Gasteiger partial charge in [0.1, 0.15) is 0 Å². The molecule has 0 rings (SSSR count). The van der Waals surface area contributed by atoms with Crippen molar-refractivity contribution in [2.45, 2.75) is 0 Å². The minimum absolute atomic E-state index is 0.583. The van der Waals surface area contributed by atoms with E-state index in [0.29, 0.717) is 19.8 Å². The average molecular weight is 231 g/mol. The largest absolute Gasteiger partial charge is 0.589 e. The number of hydrogen-bond acceptors (Lipinski definition) is 4. The van der Waals surface area contributed by atoms with Gasteiger partial charge in [0.15, 0.2) is 29.3 Å². The third-order valence-corrected chi connectivity index (χ3v) is 8.61. The van der Waals surface area contributed by atoms with Crippen molar-refractivity contribution in [1.82, 2.24) is 0 Å². The van der Waals surface area contributed by atoms with Crippen molar-refractivity contribution in [3.8, 4) is 0 Å². The Morgan fingerprint density at radius 3 is 2.00 bits per heavy atom. The van der Waals surface area contributed by atoms with E-state index >= 15 is 0 Å². The molecule has 2 nitrogen and oxygen atoms in total. The molecule has 0 aromatic heterocycles. The maximum Gasteiger partial charge on any atom is 0.378 e. The smallest absolute Gasteiger partial charge is 0.378 e. The second kappa shape index (κ2) is 5.67. The van der Waals surface area contributed by atoms with Crippen LogP contribution < -0.4 is 0 Å². The molecule has 0 saturated heterocycles. The van der Waals surface area contributed by atoms with Crippen molar-refractivity contribution < 1.29 is 9.11 Å². The maximum atomic E-state index is 10.2. The highest BCUT2D eigenvalue weighted by atomic mass is 35.8. The Balaban J connectivity index is 3.10. The molecule has 8 heavy (non-hydrogen) atoms. The molecule has 0 aliphatic heterocycles. The molecule has 0 heterocycles. The molecule has 0 spiro atoms. The molecule has 0 aromatic rings. The van der Waals surface area contributed by atoms with E-state index in [1.165, 1.54) is 0 Å². The average Bonchev–Trinajstić information content (AvgIpc) is 1.65. The predicted molar refractivity (Wildman–Crippen MR) is 43.2 cm³/mol. The Labute approximate surface area is 68.6 Å². The van der Waals surface area contributed by atoms with Crippen molar-refractivity contribution in [3.63, 3.8) is 0 Å². The molecule has 0 fully saturated rings. The molecule has 2 unspecified atom stereocenters. The van der Waals surface area contributed by atoms with E-state index in [0.717, 1.165) is 0 Å². The molecule has 0 aliphatic rings. The van der Waals surface area contributed by atoms with E-state index in [9.17, 15) is 9.11 Å². The normalized spacial score (nSPS) is 18.0. The van der Waals surface area contributed by atoms with Gasteiger partial charge in [0, 0.05) is 10.7 Å². The number of hydrogen-bond donors (Lipinski definition) is 0. The standard InChI is InChI=1S/Cl2O2S4/c1-5-8(4)6-7(2)3. The lowest BCUT2D eigenvalue weighted by Crippen LogP contribution is -1.87. The fourth-order valence-corrected chi connectivity index (χ4v) is 7.18. The first-order valence-electron chi connectivity index (χ1n) is 1.14. The van der Waals surface area contributed by atoms with E-state index in [1.807, 2.05) is 0 Å². The van der Waals surface area contributed by atoms with Gasteiger partial charge in [-0.05, 0) is 0 Å². The van der Waals surface area contributed by atoms with Crippen LogP contribution in [0.15, 0.2) is 0 Å². The Morgan fingerprint density at radius 1 is 1.38 bits per heavy atom. The Bertz CT molecular complexity index is 58.0. The van der Waals surface area contributed by atoms with Crippen LogP contribution >= 0.6 is 41.2 Å². The zero-order chi connectivity index (χ0) is 6.57. The van der Waals surface area contributed by atoms with Gasteiger partial charge in [-0.15, -0.1) is 0 Å². The topological polar surface area (TPSA) is 46.1 Å². The van der Waals surface area contributed by atoms with Crippen molar-refractivity contribution in [2.75, 3.05) is 0 Å². The van der Waals surface area contributed by atoms with Crippen molar-refractivity contribution in [3.05, 3.63) is 0 Å². The summed E-state index contributed by atoms with van der Waals surface area (Å²) in [7, 11) is 8.10. The highest BCUT2D eigenvalue weighted by Crippen LogP contribution is 2.34. The van der Waals surface area contributed by atoms with Crippen LogP contribution in [-0.4, -0.2) is 9.11 Å². The zero-order valence-electron chi connectivity index (χ0n) is 3.21. The summed E-state index contributed by atoms with van der Waals surface area (Å²) in [6.45, 7) is 0. The van der Waals surface area contributed by atoms with Gasteiger partial charge in [0.05, 0.1) is 0 Å². The zero-order valence-corrected chi connectivity index (χ0v) is 7.98. The predicted octanol–water partition coefficient (Wildman–Crippen LogP) is 2.00. The third kappa shape index (κ3) is 6.03. The molecule has 2 atom stereocenters. The van der Waals surface area contributed by atoms with E-state index in [-0.39, 0.29) is 0 Å². The van der Waals surface area contributed by atoms with Gasteiger partial charge >= 0.3 is 9.83 Å². The van der Waals surface area contributed by atoms with Crippen LogP contribution in [0.3, 0.4) is 0 Å². The molecule has 0 aromatic carbocycles. The van der Waals surface area contributed by atoms with Crippen molar-refractivity contribution in [1.29, 1.82) is 0 Å². The molecular formula is Cl2O2S4. The van der Waals surface area contributed by atoms with E-state index in [4.69, 9.17) is 21.4 Å². The molecular weight excluding hydrogens is 231 g/mol. The van der Waals surface area contributed by atoms with Crippen LogP contribution in [0.5, 0.6) is 0 Å². The second-order valence-corrected chi connectivity index (χ2v) is 9.48. The fourth-order valence-electron chi connectivity index (χ4n) is 0.0542. The van der Waals surface area contributed by atoms with Crippen LogP contribution in [0.25, 0.3) is 0 Å². The van der Waals surface area contributed by atoms with E-state index in [2.05, 4.69) is 0 Å². The Morgan fingerprint density at radius 2 is 1.88 bits per heavy atom. The van der Waals surface area contributed by atoms with Crippen LogP contribution in [0.1, 0.15) is 0 Å². The molecule has 0 bridgehead atoms. The highest BCUT2D eigenvalue weighted by Gasteiger charge is 2.21. The van der Waals surface area contributed by atoms with Gasteiger partial charge in [0.25, 0.3) is 0 Å². The van der Waals surface area contributed by atoms with Gasteiger partial charge in [-0.25, -0.2) is 0 Å². The summed E-state index contributed by atoms with van der Waals surface area (Å²) < 4.78 is 20.2. The lowest BCUT2D eigenvalue weighted by atomic mass is 15.9. The van der Waals surface area contributed by atoms with Crippen LogP contribution in [0, 0.1) is 0 Å². The van der Waals surface area contributed by atoms with Crippen molar-refractivity contribution >= 4 is 59.9 Å². The van der Waals surface area contributed by atoms with E-state index < -0.39 is 18.7 Å². The summed E-state index contributed by atoms with van der Waals surface area (Å²) in [6.07, 6.45) is 0. The van der Waals surface area contributed by atoms with Crippen LogP contribution in [0.2, 0.25) is 0 Å². The molecule has 50 valence electrons. The summed E-state index contributed by atoms with van der Waals surface area (Å²) >= 11 is 0. The summed E-state index contributed by atoms with van der Waals surface area (Å²) in [5, 5.41) is 0. The van der Waals surface area contributed by atoms with Gasteiger partial charge < -0.3 is 9.11 Å². The second-order valence-electron chi connectivity index (χ2n) is 0.529. The van der Waals surface area contributed by atoms with Gasteiger partial charge in [-0.1, -0.05) is 0 Å². The first-order valence-corrected chi connectivity index (χ1v) is 8.28. The molecule has 0 aliphatic carbocycles. The molecule has 0 radical (unpaired) electrons. The summed E-state index contributed by atoms with van der Waals surface area (Å²) in [6, 6.07) is 0. The molecule has 0 saturated carbocycles. The minimum atomic E-state index is -1.61. The quantitative estimate of drug-likeness (QED) is 0.550. The SMILES string of the molecule is [O-][S+](Cl)S[S+]([O-])SCl. The first kappa shape index (κ1) is 9.90. The molecule has 0 N–H and O–H groups in total. The van der Waals surface area contributed by atoms with Gasteiger partial charge in [-0.2, -0.15) is 0 Å². The third-order valence-electron chi connectivity index (χ3n) is 0.160. The summed E-state index contributed by atoms with van der Waals surface area (Å²) in [4.78, 5) is 0. The molecule has 8 heteroatoms. The van der Waals surface area contributed by atoms with Crippen LogP contribution in [-0.2, 0) is 18.7 Å². The lowest BCUT2D eigenvalue weighted by molar-refractivity contribution is 0.619. The summed E-state index contributed by atoms with van der Waals surface area (Å²) in [5.74, 6) is 0. The number of halogens is 2. The first-order chi connectivity index (χ1) is 3.66. The number of rotatable bonds is 3.